The van der Waals surface area contributed by atoms with Crippen LogP contribution in [0.2, 0.25) is 0 Å². The molecule has 0 radical (unpaired) electrons. The molecule has 73 heavy (non-hydrogen) atoms. The van der Waals surface area contributed by atoms with Crippen LogP contribution in [-0.2, 0) is 28.6 Å². The second-order valence-corrected chi connectivity index (χ2v) is 19.9. The van der Waals surface area contributed by atoms with E-state index in [-0.39, 0.29) is 31.1 Å². The zero-order valence-corrected chi connectivity index (χ0v) is 47.6. The summed E-state index contributed by atoms with van der Waals surface area (Å²) in [5.41, 5.74) is 0. The topological polar surface area (TPSA) is 78.9 Å². The van der Waals surface area contributed by atoms with Gasteiger partial charge < -0.3 is 14.2 Å². The molecule has 1 unspecified atom stereocenters. The Balaban J connectivity index is 4.34. The van der Waals surface area contributed by atoms with Crippen LogP contribution >= 0.6 is 0 Å². The summed E-state index contributed by atoms with van der Waals surface area (Å²) in [5.74, 6) is -0.919. The van der Waals surface area contributed by atoms with E-state index in [9.17, 15) is 14.4 Å². The van der Waals surface area contributed by atoms with Crippen LogP contribution in [0.5, 0.6) is 0 Å². The van der Waals surface area contributed by atoms with Crippen molar-refractivity contribution < 1.29 is 28.6 Å². The molecule has 0 amide bonds. The van der Waals surface area contributed by atoms with E-state index in [0.29, 0.717) is 19.3 Å². The molecule has 1 atom stereocenters. The van der Waals surface area contributed by atoms with Gasteiger partial charge in [-0.2, -0.15) is 0 Å². The number of hydrogen-bond donors (Lipinski definition) is 0. The lowest BCUT2D eigenvalue weighted by molar-refractivity contribution is -0.167. The molecule has 0 bridgehead atoms. The van der Waals surface area contributed by atoms with Crippen LogP contribution in [0.3, 0.4) is 0 Å². The van der Waals surface area contributed by atoms with Crippen LogP contribution in [0.25, 0.3) is 0 Å². The number of rotatable bonds is 54. The standard InChI is InChI=1S/C67H112O6/c1-4-7-10-13-16-19-22-25-28-29-30-31-32-33-34-35-36-37-38-39-40-43-45-48-51-54-57-60-66(69)72-63-64(73-67(70)61-58-55-52-49-46-42-27-24-21-18-15-12-9-6-3)62-71-65(68)59-56-53-50-47-44-41-26-23-20-17-14-11-8-5-2/h7,10,15-16,18-19,23-28,30-31,33-34,36-37,64H,4-6,8-9,11-14,17,20-22,29,32,35,38-63H2,1-3H3/b10-7-,18-15-,19-16-,26-23-,27-24-,28-25-,31-30-,34-33-,37-36-. The van der Waals surface area contributed by atoms with Crippen molar-refractivity contribution in [2.75, 3.05) is 13.2 Å². The van der Waals surface area contributed by atoms with Crippen molar-refractivity contribution in [3.63, 3.8) is 0 Å². The highest BCUT2D eigenvalue weighted by atomic mass is 16.6. The lowest BCUT2D eigenvalue weighted by atomic mass is 10.1. The smallest absolute Gasteiger partial charge is 0.306 e. The van der Waals surface area contributed by atoms with Crippen molar-refractivity contribution in [2.45, 2.75) is 284 Å². The van der Waals surface area contributed by atoms with Crippen LogP contribution in [-0.4, -0.2) is 37.2 Å². The minimum atomic E-state index is -0.794. The van der Waals surface area contributed by atoms with E-state index < -0.39 is 6.10 Å². The molecule has 0 aromatic rings. The fourth-order valence-electron chi connectivity index (χ4n) is 8.16. The summed E-state index contributed by atoms with van der Waals surface area (Å²) in [6.07, 6.45) is 82.2. The Morgan fingerprint density at radius 1 is 0.288 bits per heavy atom. The number of allylic oxidation sites excluding steroid dienone is 18. The van der Waals surface area contributed by atoms with E-state index >= 15 is 0 Å². The molecule has 0 aliphatic carbocycles. The highest BCUT2D eigenvalue weighted by Gasteiger charge is 2.19. The van der Waals surface area contributed by atoms with Gasteiger partial charge in [-0.15, -0.1) is 0 Å². The average Bonchev–Trinajstić information content (AvgIpc) is 3.39. The molecule has 0 spiro atoms. The monoisotopic (exact) mass is 1010 g/mol. The maximum absolute atomic E-state index is 12.9. The molecule has 0 N–H and O–H groups in total. The maximum Gasteiger partial charge on any atom is 0.306 e. The van der Waals surface area contributed by atoms with E-state index in [1.165, 1.54) is 103 Å². The van der Waals surface area contributed by atoms with Gasteiger partial charge in [0.25, 0.3) is 0 Å². The van der Waals surface area contributed by atoms with E-state index in [0.717, 1.165) is 135 Å². The lowest BCUT2D eigenvalue weighted by Gasteiger charge is -2.18. The maximum atomic E-state index is 12.9. The normalized spacial score (nSPS) is 12.9. The SMILES string of the molecule is CC/C=C\C/C=C\C/C=C\C/C=C\C/C=C\C/C=C\CCCCCCCCCCC(=O)OCC(COC(=O)CCCCCCC/C=C\CCCCCCC)OC(=O)CCCCCCC/C=C\C/C=C\CCCC. The third-order valence-corrected chi connectivity index (χ3v) is 12.7. The first-order chi connectivity index (χ1) is 36.0. The number of esters is 3. The Morgan fingerprint density at radius 2 is 0.548 bits per heavy atom. The van der Waals surface area contributed by atoms with Crippen LogP contribution in [0, 0.1) is 0 Å². The Morgan fingerprint density at radius 3 is 0.890 bits per heavy atom. The molecule has 0 aliphatic heterocycles. The highest BCUT2D eigenvalue weighted by Crippen LogP contribution is 2.15. The van der Waals surface area contributed by atoms with E-state index in [4.69, 9.17) is 14.2 Å². The second kappa shape index (κ2) is 60.6. The first-order valence-electron chi connectivity index (χ1n) is 30.4. The van der Waals surface area contributed by atoms with Gasteiger partial charge in [0, 0.05) is 19.3 Å². The fraction of sp³-hybridized carbons (Fsp3) is 0.687. The summed E-state index contributed by atoms with van der Waals surface area (Å²) in [6, 6.07) is 0. The molecule has 0 rings (SSSR count). The Bertz CT molecular complexity index is 1490. The van der Waals surface area contributed by atoms with Crippen molar-refractivity contribution >= 4 is 17.9 Å². The van der Waals surface area contributed by atoms with Crippen LogP contribution in [0.4, 0.5) is 0 Å². The predicted octanol–water partition coefficient (Wildman–Crippen LogP) is 20.7. The van der Waals surface area contributed by atoms with E-state index in [1.54, 1.807) is 0 Å². The van der Waals surface area contributed by atoms with Crippen LogP contribution < -0.4 is 0 Å². The predicted molar refractivity (Wildman–Crippen MR) is 316 cm³/mol. The number of ether oxygens (including phenoxy) is 3. The number of carbonyl (C=O) groups is 3. The molecule has 6 heteroatoms. The summed E-state index contributed by atoms with van der Waals surface area (Å²) in [7, 11) is 0. The summed E-state index contributed by atoms with van der Waals surface area (Å²) in [5, 5.41) is 0. The average molecular weight is 1010 g/mol. The zero-order chi connectivity index (χ0) is 52.9. The fourth-order valence-corrected chi connectivity index (χ4v) is 8.16. The summed E-state index contributed by atoms with van der Waals surface area (Å²) >= 11 is 0. The molecule has 0 saturated heterocycles. The minimum absolute atomic E-state index is 0.0910. The van der Waals surface area contributed by atoms with Gasteiger partial charge in [-0.3, -0.25) is 14.4 Å². The molecule has 0 aliphatic rings. The van der Waals surface area contributed by atoms with Crippen molar-refractivity contribution in [1.29, 1.82) is 0 Å². The van der Waals surface area contributed by atoms with Crippen molar-refractivity contribution in [3.8, 4) is 0 Å². The van der Waals surface area contributed by atoms with Gasteiger partial charge in [-0.25, -0.2) is 0 Å². The third kappa shape index (κ3) is 58.8. The zero-order valence-electron chi connectivity index (χ0n) is 47.6. The summed E-state index contributed by atoms with van der Waals surface area (Å²) < 4.78 is 16.9. The Labute approximate surface area is 450 Å². The molecule has 0 aromatic heterocycles. The first-order valence-corrected chi connectivity index (χ1v) is 30.4. The van der Waals surface area contributed by atoms with Gasteiger partial charge >= 0.3 is 17.9 Å². The van der Waals surface area contributed by atoms with Crippen LogP contribution in [0.15, 0.2) is 109 Å². The largest absolute Gasteiger partial charge is 0.462 e. The molecule has 6 nitrogen and oxygen atoms in total. The van der Waals surface area contributed by atoms with Crippen molar-refractivity contribution in [1.82, 2.24) is 0 Å². The molecule has 0 fully saturated rings. The molecule has 416 valence electrons. The van der Waals surface area contributed by atoms with E-state index in [1.807, 2.05) is 0 Å². The minimum Gasteiger partial charge on any atom is -0.462 e. The summed E-state index contributed by atoms with van der Waals surface area (Å²) in [6.45, 7) is 6.46. The van der Waals surface area contributed by atoms with Gasteiger partial charge in [0.1, 0.15) is 13.2 Å². The molecular formula is C67H112O6. The number of hydrogen-bond acceptors (Lipinski definition) is 6. The summed E-state index contributed by atoms with van der Waals surface area (Å²) in [4.78, 5) is 38.2. The van der Waals surface area contributed by atoms with Gasteiger partial charge in [-0.05, 0) is 122 Å². The van der Waals surface area contributed by atoms with Gasteiger partial charge in [0.2, 0.25) is 0 Å². The number of carbonyl (C=O) groups excluding carboxylic acids is 3. The second-order valence-electron chi connectivity index (χ2n) is 19.9. The van der Waals surface area contributed by atoms with Gasteiger partial charge in [0.05, 0.1) is 0 Å². The van der Waals surface area contributed by atoms with Gasteiger partial charge in [-0.1, -0.05) is 246 Å². The molecule has 0 saturated carbocycles. The molecule has 0 heterocycles. The third-order valence-electron chi connectivity index (χ3n) is 12.7. The van der Waals surface area contributed by atoms with Crippen LogP contribution in [0.1, 0.15) is 278 Å². The Hall–Kier alpha value is -3.93. The first kappa shape index (κ1) is 69.1. The molecular weight excluding hydrogens is 901 g/mol. The Kier molecular flexibility index (Phi) is 57.4. The van der Waals surface area contributed by atoms with Crippen molar-refractivity contribution in [2.24, 2.45) is 0 Å². The van der Waals surface area contributed by atoms with E-state index in [2.05, 4.69) is 130 Å². The molecule has 0 aromatic carbocycles. The quantitative estimate of drug-likeness (QED) is 0.0261. The number of unbranched alkanes of at least 4 members (excludes halogenated alkanes) is 25. The van der Waals surface area contributed by atoms with Gasteiger partial charge in [0.15, 0.2) is 6.10 Å². The lowest BCUT2D eigenvalue weighted by Crippen LogP contribution is -2.30. The highest BCUT2D eigenvalue weighted by molar-refractivity contribution is 5.71. The van der Waals surface area contributed by atoms with Crippen molar-refractivity contribution in [3.05, 3.63) is 109 Å².